The second kappa shape index (κ2) is 6.45. The van der Waals surface area contributed by atoms with Crippen molar-refractivity contribution in [3.8, 4) is 11.5 Å². The van der Waals surface area contributed by atoms with Crippen molar-refractivity contribution in [2.75, 3.05) is 6.61 Å². The normalized spacial score (nSPS) is 16.2. The van der Waals surface area contributed by atoms with E-state index in [9.17, 15) is 9.90 Å². The smallest absolute Gasteiger partial charge is 0.335 e. The molecule has 0 saturated heterocycles. The van der Waals surface area contributed by atoms with Crippen LogP contribution >= 0.6 is 0 Å². The maximum atomic E-state index is 11.5. The van der Waals surface area contributed by atoms with E-state index in [0.717, 1.165) is 12.3 Å². The van der Waals surface area contributed by atoms with Crippen molar-refractivity contribution < 1.29 is 19.7 Å². The summed E-state index contributed by atoms with van der Waals surface area (Å²) < 4.78 is 5.53. The number of carboxylic acid groups (broad SMARTS) is 1. The van der Waals surface area contributed by atoms with Gasteiger partial charge in [0.05, 0.1) is 12.2 Å². The van der Waals surface area contributed by atoms with Crippen LogP contribution in [0.5, 0.6) is 11.5 Å². The Morgan fingerprint density at radius 2 is 2.05 bits per heavy atom. The van der Waals surface area contributed by atoms with Crippen LogP contribution in [0.25, 0.3) is 0 Å². The molecule has 0 aliphatic heterocycles. The molecule has 1 aliphatic carbocycles. The summed E-state index contributed by atoms with van der Waals surface area (Å²) in [7, 11) is 0. The molecule has 1 fully saturated rings. The molecule has 1 aliphatic rings. The molecule has 0 atom stereocenters. The molecule has 0 amide bonds. The summed E-state index contributed by atoms with van der Waals surface area (Å²) in [6, 6.07) is 4.11. The fourth-order valence-electron chi connectivity index (χ4n) is 2.59. The Labute approximate surface area is 113 Å². The van der Waals surface area contributed by atoms with Crippen molar-refractivity contribution in [2.24, 2.45) is 5.92 Å². The molecular weight excluding hydrogens is 244 g/mol. The lowest BCUT2D eigenvalue weighted by atomic mass is 9.87. The van der Waals surface area contributed by atoms with Crippen LogP contribution in [0.2, 0.25) is 0 Å². The van der Waals surface area contributed by atoms with Gasteiger partial charge in [-0.3, -0.25) is 0 Å². The predicted octanol–water partition coefficient (Wildman–Crippen LogP) is 2.81. The Hall–Kier alpha value is -1.71. The molecule has 0 heterocycles. The first kappa shape index (κ1) is 13.7. The molecular formula is C15H19O4-. The summed E-state index contributed by atoms with van der Waals surface area (Å²) in [5.74, 6) is -0.494. The summed E-state index contributed by atoms with van der Waals surface area (Å²) in [5.41, 5.74) is -0.209. The van der Waals surface area contributed by atoms with Gasteiger partial charge in [-0.15, -0.1) is 0 Å². The van der Waals surface area contributed by atoms with Gasteiger partial charge in [0.25, 0.3) is 0 Å². The highest BCUT2D eigenvalue weighted by atomic mass is 16.5. The van der Waals surface area contributed by atoms with Gasteiger partial charge in [-0.1, -0.05) is 37.9 Å². The van der Waals surface area contributed by atoms with Gasteiger partial charge in [-0.05, 0) is 30.5 Å². The molecule has 0 radical (unpaired) electrons. The number of hydrogen-bond acceptors (Lipinski definition) is 3. The molecule has 0 aromatic heterocycles. The highest BCUT2D eigenvalue weighted by Gasteiger charge is 2.13. The maximum Gasteiger partial charge on any atom is 0.335 e. The molecule has 0 bridgehead atoms. The molecule has 1 N–H and O–H groups in total. The lowest BCUT2D eigenvalue weighted by Crippen LogP contribution is -2.11. The molecule has 4 nitrogen and oxygen atoms in total. The van der Waals surface area contributed by atoms with Crippen LogP contribution in [0.3, 0.4) is 0 Å². The molecule has 4 heteroatoms. The summed E-state index contributed by atoms with van der Waals surface area (Å²) in [5, 5.41) is 20.2. The van der Waals surface area contributed by atoms with Crippen LogP contribution in [0, 0.1) is 5.92 Å². The second-order valence-corrected chi connectivity index (χ2v) is 5.10. The van der Waals surface area contributed by atoms with E-state index in [1.807, 2.05) is 0 Å². The molecule has 2 rings (SSSR count). The van der Waals surface area contributed by atoms with E-state index in [1.165, 1.54) is 44.2 Å². The lowest BCUT2D eigenvalue weighted by Gasteiger charge is -2.21. The van der Waals surface area contributed by atoms with Crippen LogP contribution in [0.1, 0.15) is 48.9 Å². The van der Waals surface area contributed by atoms with Crippen LogP contribution < -0.4 is 9.84 Å². The van der Waals surface area contributed by atoms with Gasteiger partial charge in [-0.25, -0.2) is 4.79 Å². The van der Waals surface area contributed by atoms with Gasteiger partial charge < -0.3 is 14.9 Å². The molecule has 1 aromatic rings. The number of benzene rings is 1. The average molecular weight is 263 g/mol. The quantitative estimate of drug-likeness (QED) is 0.886. The van der Waals surface area contributed by atoms with Crippen LogP contribution in [-0.2, 0) is 0 Å². The number of hydrogen-bond donors (Lipinski definition) is 1. The zero-order valence-electron chi connectivity index (χ0n) is 10.9. The molecule has 0 unspecified atom stereocenters. The number of carboxylic acids is 1. The van der Waals surface area contributed by atoms with E-state index in [4.69, 9.17) is 9.84 Å². The van der Waals surface area contributed by atoms with E-state index in [1.54, 1.807) is 6.07 Å². The third-order valence-electron chi connectivity index (χ3n) is 3.70. The topological polar surface area (TPSA) is 69.6 Å². The van der Waals surface area contributed by atoms with E-state index in [2.05, 4.69) is 0 Å². The summed E-state index contributed by atoms with van der Waals surface area (Å²) in [4.78, 5) is 10.7. The number of ether oxygens (including phenoxy) is 1. The fourth-order valence-corrected chi connectivity index (χ4v) is 2.59. The standard InChI is InChI=1S/C15H20O4/c16-14-10-12(6-7-13(14)15(17)18)19-9-8-11-4-2-1-3-5-11/h6-7,10-11,16H,1-5,8-9H2,(H,17,18)/p-1. The minimum absolute atomic E-state index is 0.209. The molecule has 104 valence electrons. The van der Waals surface area contributed by atoms with Crippen molar-refractivity contribution in [3.05, 3.63) is 23.8 Å². The monoisotopic (exact) mass is 263 g/mol. The Balaban J connectivity index is 1.82. The minimum atomic E-state index is -1.20. The van der Waals surface area contributed by atoms with E-state index < -0.39 is 11.7 Å². The average Bonchev–Trinajstić information content (AvgIpc) is 2.39. The van der Waals surface area contributed by atoms with E-state index in [-0.39, 0.29) is 5.56 Å². The third-order valence-corrected chi connectivity index (χ3v) is 3.70. The van der Waals surface area contributed by atoms with Crippen molar-refractivity contribution in [3.63, 3.8) is 0 Å². The Morgan fingerprint density at radius 3 is 2.68 bits per heavy atom. The third kappa shape index (κ3) is 3.88. The highest BCUT2D eigenvalue weighted by molar-refractivity contribution is 5.90. The number of rotatable bonds is 5. The maximum absolute atomic E-state index is 11.5. The first-order chi connectivity index (χ1) is 9.16. The first-order valence-corrected chi connectivity index (χ1v) is 6.84. The van der Waals surface area contributed by atoms with E-state index >= 15 is 0 Å². The second-order valence-electron chi connectivity index (χ2n) is 5.10. The van der Waals surface area contributed by atoms with Crippen molar-refractivity contribution >= 4 is 5.97 Å². The first-order valence-electron chi connectivity index (χ1n) is 6.84. The largest absolute Gasteiger partial charge is 0.872 e. The highest BCUT2D eigenvalue weighted by Crippen LogP contribution is 2.27. The van der Waals surface area contributed by atoms with E-state index in [0.29, 0.717) is 12.4 Å². The molecule has 19 heavy (non-hydrogen) atoms. The minimum Gasteiger partial charge on any atom is -0.872 e. The van der Waals surface area contributed by atoms with Crippen molar-refractivity contribution in [1.29, 1.82) is 0 Å². The lowest BCUT2D eigenvalue weighted by molar-refractivity contribution is -0.268. The SMILES string of the molecule is O=C(O)c1ccc(OCCC2CCCCC2)cc1[O-]. The molecule has 1 aromatic carbocycles. The van der Waals surface area contributed by atoms with Crippen molar-refractivity contribution in [1.82, 2.24) is 0 Å². The number of aromatic carboxylic acids is 1. The van der Waals surface area contributed by atoms with Gasteiger partial charge >= 0.3 is 5.97 Å². The summed E-state index contributed by atoms with van der Waals surface area (Å²) in [6.45, 7) is 0.594. The Morgan fingerprint density at radius 1 is 1.32 bits per heavy atom. The van der Waals surface area contributed by atoms with Crippen LogP contribution in [0.4, 0.5) is 0 Å². The predicted molar refractivity (Wildman–Crippen MR) is 69.5 cm³/mol. The van der Waals surface area contributed by atoms with Gasteiger partial charge in [-0.2, -0.15) is 0 Å². The van der Waals surface area contributed by atoms with Crippen LogP contribution in [-0.4, -0.2) is 17.7 Å². The molecule has 0 spiro atoms. The summed E-state index contributed by atoms with van der Waals surface area (Å²) >= 11 is 0. The van der Waals surface area contributed by atoms with Crippen LogP contribution in [0.15, 0.2) is 18.2 Å². The summed E-state index contributed by atoms with van der Waals surface area (Å²) in [6.07, 6.45) is 7.51. The Bertz CT molecular complexity index is 436. The van der Waals surface area contributed by atoms with Gasteiger partial charge in [0.1, 0.15) is 5.75 Å². The number of carbonyl (C=O) groups is 1. The molecule has 1 saturated carbocycles. The van der Waals surface area contributed by atoms with Crippen molar-refractivity contribution in [2.45, 2.75) is 38.5 Å². The van der Waals surface area contributed by atoms with Gasteiger partial charge in [0.15, 0.2) is 0 Å². The fraction of sp³-hybridized carbons (Fsp3) is 0.533. The Kier molecular flexibility index (Phi) is 4.66. The van der Waals surface area contributed by atoms with Gasteiger partial charge in [0.2, 0.25) is 0 Å². The zero-order valence-corrected chi connectivity index (χ0v) is 10.9. The zero-order chi connectivity index (χ0) is 13.7. The van der Waals surface area contributed by atoms with Gasteiger partial charge in [0, 0.05) is 0 Å².